The van der Waals surface area contributed by atoms with Gasteiger partial charge in [0.2, 0.25) is 5.91 Å². The summed E-state index contributed by atoms with van der Waals surface area (Å²) in [6.45, 7) is 2.21. The highest BCUT2D eigenvalue weighted by molar-refractivity contribution is 5.89. The number of benzene rings is 2. The van der Waals surface area contributed by atoms with E-state index in [4.69, 9.17) is 4.98 Å². The van der Waals surface area contributed by atoms with Gasteiger partial charge < -0.3 is 15.1 Å². The molecule has 4 heterocycles. The van der Waals surface area contributed by atoms with Crippen LogP contribution in [0.15, 0.2) is 54.7 Å². The Labute approximate surface area is 242 Å². The van der Waals surface area contributed by atoms with Crippen molar-refractivity contribution in [3.8, 4) is 11.3 Å². The number of anilines is 2. The van der Waals surface area contributed by atoms with Crippen LogP contribution in [0.2, 0.25) is 0 Å². The van der Waals surface area contributed by atoms with Gasteiger partial charge in [-0.1, -0.05) is 0 Å². The molecule has 14 heteroatoms. The lowest BCUT2D eigenvalue weighted by molar-refractivity contribution is -0.137. The van der Waals surface area contributed by atoms with Crippen molar-refractivity contribution in [3.63, 3.8) is 0 Å². The van der Waals surface area contributed by atoms with Crippen LogP contribution < -0.4 is 10.2 Å². The average Bonchev–Trinajstić information content (AvgIpc) is 3.79. The largest absolute Gasteiger partial charge is 0.416 e. The van der Waals surface area contributed by atoms with Gasteiger partial charge in [0.15, 0.2) is 11.5 Å². The number of halogens is 4. The summed E-state index contributed by atoms with van der Waals surface area (Å²) in [6, 6.07) is 11.3. The number of aromatic nitrogens is 6. The van der Waals surface area contributed by atoms with Gasteiger partial charge in [0.05, 0.1) is 35.2 Å². The van der Waals surface area contributed by atoms with E-state index in [0.29, 0.717) is 54.7 Å². The molecule has 0 unspecified atom stereocenters. The van der Waals surface area contributed by atoms with Crippen molar-refractivity contribution in [2.24, 2.45) is 5.92 Å². The van der Waals surface area contributed by atoms with Gasteiger partial charge in [0.25, 0.3) is 0 Å². The molecule has 2 fully saturated rings. The zero-order valence-electron chi connectivity index (χ0n) is 22.7. The molecule has 7 rings (SSSR count). The zero-order valence-corrected chi connectivity index (χ0v) is 22.7. The van der Waals surface area contributed by atoms with Crippen molar-refractivity contribution in [1.29, 1.82) is 0 Å². The number of hydrogen-bond acceptors (Lipinski definition) is 8. The van der Waals surface area contributed by atoms with Crippen LogP contribution in [0.1, 0.15) is 24.2 Å². The van der Waals surface area contributed by atoms with Crippen molar-refractivity contribution in [2.75, 3.05) is 36.4 Å². The molecule has 0 bridgehead atoms. The summed E-state index contributed by atoms with van der Waals surface area (Å²) in [4.78, 5) is 25.3. The minimum Gasteiger partial charge on any atom is -0.376 e. The number of nitrogens with one attached hydrogen (secondary N) is 1. The maximum atomic E-state index is 13.8. The van der Waals surface area contributed by atoms with Gasteiger partial charge in [-0.05, 0) is 61.4 Å². The van der Waals surface area contributed by atoms with Gasteiger partial charge in [-0.15, -0.1) is 10.2 Å². The van der Waals surface area contributed by atoms with Crippen molar-refractivity contribution in [2.45, 2.75) is 25.6 Å². The minimum absolute atomic E-state index is 0.00862. The van der Waals surface area contributed by atoms with E-state index in [9.17, 15) is 22.4 Å². The highest BCUT2D eigenvalue weighted by Crippen LogP contribution is 2.35. The molecule has 2 aliphatic rings. The van der Waals surface area contributed by atoms with E-state index in [1.807, 2.05) is 9.80 Å². The Kier molecular flexibility index (Phi) is 6.55. The van der Waals surface area contributed by atoms with Crippen LogP contribution in [-0.2, 0) is 17.5 Å². The fraction of sp³-hybridized carbons (Fsp3) is 0.310. The number of carbonyl (C=O) groups is 1. The maximum Gasteiger partial charge on any atom is 0.416 e. The molecule has 1 aliphatic heterocycles. The average molecular weight is 592 g/mol. The molecule has 0 atom stereocenters. The predicted molar refractivity (Wildman–Crippen MR) is 150 cm³/mol. The SMILES string of the molecule is O=C(C1CC1)N1CCN(c2cnc3cc(C(F)(F)F)cc(NCc4nnc5ccc(-c6ccc(F)cc6)nn45)c3n2)CC1. The fourth-order valence-electron chi connectivity index (χ4n) is 5.19. The van der Waals surface area contributed by atoms with E-state index in [1.165, 1.54) is 22.8 Å². The van der Waals surface area contributed by atoms with Crippen LogP contribution in [0.25, 0.3) is 27.9 Å². The highest BCUT2D eigenvalue weighted by atomic mass is 19.4. The van der Waals surface area contributed by atoms with Crippen LogP contribution in [0.5, 0.6) is 0 Å². The number of nitrogens with zero attached hydrogens (tertiary/aromatic N) is 8. The Bertz CT molecular complexity index is 1830. The molecular formula is C29H25F4N9O. The van der Waals surface area contributed by atoms with Gasteiger partial charge in [-0.2, -0.15) is 22.8 Å². The second kappa shape index (κ2) is 10.4. The van der Waals surface area contributed by atoms with E-state index >= 15 is 0 Å². The number of carbonyl (C=O) groups excluding carboxylic acids is 1. The zero-order chi connectivity index (χ0) is 29.7. The fourth-order valence-corrected chi connectivity index (χ4v) is 5.19. The summed E-state index contributed by atoms with van der Waals surface area (Å²) < 4.78 is 56.3. The van der Waals surface area contributed by atoms with Crippen LogP contribution in [0, 0.1) is 11.7 Å². The second-order valence-corrected chi connectivity index (χ2v) is 10.7. The normalized spacial score (nSPS) is 15.8. The Morgan fingerprint density at radius 1 is 0.977 bits per heavy atom. The third kappa shape index (κ3) is 5.40. The highest BCUT2D eigenvalue weighted by Gasteiger charge is 2.35. The number of alkyl halides is 3. The molecule has 2 aromatic carbocycles. The molecule has 1 N–H and O–H groups in total. The molecule has 10 nitrogen and oxygen atoms in total. The molecule has 5 aromatic rings. The maximum absolute atomic E-state index is 13.8. The summed E-state index contributed by atoms with van der Waals surface area (Å²) in [5.74, 6) is 0.841. The van der Waals surface area contributed by atoms with Gasteiger partial charge in [-0.25, -0.2) is 9.37 Å². The van der Waals surface area contributed by atoms with Crippen LogP contribution in [0.3, 0.4) is 0 Å². The smallest absolute Gasteiger partial charge is 0.376 e. The lowest BCUT2D eigenvalue weighted by Gasteiger charge is -2.35. The first-order valence-electron chi connectivity index (χ1n) is 13.9. The van der Waals surface area contributed by atoms with E-state index in [2.05, 4.69) is 25.6 Å². The molecule has 43 heavy (non-hydrogen) atoms. The van der Waals surface area contributed by atoms with E-state index in [-0.39, 0.29) is 40.9 Å². The monoisotopic (exact) mass is 591 g/mol. The number of piperazine rings is 1. The summed E-state index contributed by atoms with van der Waals surface area (Å²) >= 11 is 0. The first-order chi connectivity index (χ1) is 20.7. The van der Waals surface area contributed by atoms with Gasteiger partial charge in [0.1, 0.15) is 17.2 Å². The molecule has 0 radical (unpaired) electrons. The number of rotatable bonds is 6. The molecule has 1 aliphatic carbocycles. The van der Waals surface area contributed by atoms with E-state index in [1.54, 1.807) is 24.3 Å². The standard InChI is InChI=1S/C29H25F4N9O/c30-20-5-3-17(4-6-20)21-7-8-24-37-38-26(42(24)39-21)16-35-23-14-19(29(31,32)33)13-22-27(23)36-25(15-34-22)40-9-11-41(12-10-40)28(43)18-1-2-18/h3-8,13-15,18,35H,1-2,9-12,16H2. The predicted octanol–water partition coefficient (Wildman–Crippen LogP) is 4.56. The molecule has 220 valence electrons. The second-order valence-electron chi connectivity index (χ2n) is 10.7. The van der Waals surface area contributed by atoms with Crippen molar-refractivity contribution < 1.29 is 22.4 Å². The Balaban J connectivity index is 1.17. The summed E-state index contributed by atoms with van der Waals surface area (Å²) in [6.07, 6.45) is -1.23. The van der Waals surface area contributed by atoms with Crippen molar-refractivity contribution in [1.82, 2.24) is 34.7 Å². The number of fused-ring (bicyclic) bond motifs is 2. The van der Waals surface area contributed by atoms with Crippen LogP contribution in [-0.4, -0.2) is 66.8 Å². The molecule has 0 spiro atoms. The Morgan fingerprint density at radius 3 is 2.47 bits per heavy atom. The lowest BCUT2D eigenvalue weighted by atomic mass is 10.1. The Hall–Kier alpha value is -4.88. The number of hydrogen-bond donors (Lipinski definition) is 1. The van der Waals surface area contributed by atoms with Gasteiger partial charge >= 0.3 is 6.18 Å². The molecule has 1 saturated carbocycles. The van der Waals surface area contributed by atoms with Gasteiger partial charge in [-0.3, -0.25) is 9.78 Å². The van der Waals surface area contributed by atoms with E-state index in [0.717, 1.165) is 25.0 Å². The molecule has 1 amide bonds. The summed E-state index contributed by atoms with van der Waals surface area (Å²) in [5, 5.41) is 15.9. The summed E-state index contributed by atoms with van der Waals surface area (Å²) in [7, 11) is 0. The molecular weight excluding hydrogens is 566 g/mol. The first-order valence-corrected chi connectivity index (χ1v) is 13.9. The molecule has 3 aromatic heterocycles. The third-order valence-corrected chi connectivity index (χ3v) is 7.71. The minimum atomic E-state index is -4.59. The Morgan fingerprint density at radius 2 is 1.74 bits per heavy atom. The third-order valence-electron chi connectivity index (χ3n) is 7.71. The molecule has 1 saturated heterocycles. The lowest BCUT2D eigenvalue weighted by Crippen LogP contribution is -2.49. The summed E-state index contributed by atoms with van der Waals surface area (Å²) in [5.41, 5.74) is 1.31. The topological polar surface area (TPSA) is 104 Å². The van der Waals surface area contributed by atoms with Gasteiger partial charge in [0, 0.05) is 37.7 Å². The van der Waals surface area contributed by atoms with Crippen molar-refractivity contribution in [3.05, 3.63) is 71.9 Å². The van der Waals surface area contributed by atoms with Crippen molar-refractivity contribution >= 4 is 34.1 Å². The first kappa shape index (κ1) is 27.0. The van der Waals surface area contributed by atoms with Crippen LogP contribution >= 0.6 is 0 Å². The van der Waals surface area contributed by atoms with Crippen LogP contribution in [0.4, 0.5) is 29.1 Å². The number of amides is 1. The van der Waals surface area contributed by atoms with E-state index < -0.39 is 11.7 Å². The quantitative estimate of drug-likeness (QED) is 0.287.